The lowest BCUT2D eigenvalue weighted by Gasteiger charge is -2.27. The molecule has 1 aromatic rings. The van der Waals surface area contributed by atoms with Crippen LogP contribution >= 0.6 is 0 Å². The summed E-state index contributed by atoms with van der Waals surface area (Å²) in [6.07, 6.45) is 15.1. The minimum atomic E-state index is -0.0433. The van der Waals surface area contributed by atoms with Gasteiger partial charge < -0.3 is 4.74 Å². The van der Waals surface area contributed by atoms with E-state index in [4.69, 9.17) is 4.74 Å². The first kappa shape index (κ1) is 18.8. The zero-order chi connectivity index (χ0) is 17.2. The Morgan fingerprint density at radius 3 is 2.42 bits per heavy atom. The Balaban J connectivity index is 1.72. The lowest BCUT2D eigenvalue weighted by molar-refractivity contribution is -0.140. The first-order chi connectivity index (χ1) is 11.7. The van der Waals surface area contributed by atoms with Gasteiger partial charge >= 0.3 is 5.97 Å². The summed E-state index contributed by atoms with van der Waals surface area (Å²) < 4.78 is 5.57. The number of benzene rings is 1. The second kappa shape index (κ2) is 10.3. The van der Waals surface area contributed by atoms with Gasteiger partial charge in [0.05, 0.1) is 5.92 Å². The Hall–Kier alpha value is -1.57. The fourth-order valence-electron chi connectivity index (χ4n) is 3.59. The Morgan fingerprint density at radius 1 is 1.08 bits per heavy atom. The Morgan fingerprint density at radius 2 is 1.79 bits per heavy atom. The van der Waals surface area contributed by atoms with Gasteiger partial charge in [-0.2, -0.15) is 0 Å². The third kappa shape index (κ3) is 6.14. The third-order valence-corrected chi connectivity index (χ3v) is 5.10. The molecular formula is C22H32O2. The maximum Gasteiger partial charge on any atom is 0.314 e. The molecule has 1 aromatic carbocycles. The van der Waals surface area contributed by atoms with E-state index in [1.807, 2.05) is 43.3 Å². The van der Waals surface area contributed by atoms with Crippen molar-refractivity contribution >= 4 is 12.0 Å². The molecule has 0 spiro atoms. The number of ether oxygens (including phenoxy) is 1. The Labute approximate surface area is 147 Å². The van der Waals surface area contributed by atoms with Gasteiger partial charge in [-0.05, 0) is 56.2 Å². The molecule has 0 bridgehead atoms. The standard InChI is InChI=1S/C22H32O2/c1-3-5-6-7-9-19-10-14-20(15-11-19)22(23)24-21-16-12-18(8-4-2)13-17-21/h4,8,12-13,16-17,19-20H,3,5-7,9-11,14-15H2,1-2H3. The predicted molar refractivity (Wildman–Crippen MR) is 101 cm³/mol. The van der Waals surface area contributed by atoms with Crippen LogP contribution in [-0.2, 0) is 4.79 Å². The van der Waals surface area contributed by atoms with E-state index in [-0.39, 0.29) is 11.9 Å². The molecule has 0 N–H and O–H groups in total. The van der Waals surface area contributed by atoms with Crippen LogP contribution in [0.25, 0.3) is 6.08 Å². The Bertz CT molecular complexity index is 507. The summed E-state index contributed by atoms with van der Waals surface area (Å²) in [6, 6.07) is 7.73. The average molecular weight is 328 g/mol. The van der Waals surface area contributed by atoms with Crippen LogP contribution in [-0.4, -0.2) is 5.97 Å². The summed E-state index contributed by atoms with van der Waals surface area (Å²) in [5, 5.41) is 0. The fourth-order valence-corrected chi connectivity index (χ4v) is 3.59. The molecule has 0 amide bonds. The molecule has 132 valence electrons. The van der Waals surface area contributed by atoms with Crippen LogP contribution in [0.3, 0.4) is 0 Å². The summed E-state index contributed by atoms with van der Waals surface area (Å²) in [5.74, 6) is 1.53. The average Bonchev–Trinajstić information content (AvgIpc) is 2.61. The van der Waals surface area contributed by atoms with Gasteiger partial charge in [-0.1, -0.05) is 63.3 Å². The van der Waals surface area contributed by atoms with Crippen molar-refractivity contribution in [1.82, 2.24) is 0 Å². The van der Waals surface area contributed by atoms with Crippen molar-refractivity contribution in [3.05, 3.63) is 35.9 Å². The molecule has 1 aliphatic carbocycles. The van der Waals surface area contributed by atoms with Gasteiger partial charge in [-0.3, -0.25) is 4.79 Å². The molecule has 1 saturated carbocycles. The van der Waals surface area contributed by atoms with Gasteiger partial charge in [0.25, 0.3) is 0 Å². The summed E-state index contributed by atoms with van der Waals surface area (Å²) in [5.41, 5.74) is 1.13. The SMILES string of the molecule is CC=Cc1ccc(OC(=O)C2CCC(CCCCCC)CC2)cc1. The highest BCUT2D eigenvalue weighted by molar-refractivity contribution is 5.75. The van der Waals surface area contributed by atoms with E-state index >= 15 is 0 Å². The maximum atomic E-state index is 12.3. The van der Waals surface area contributed by atoms with Gasteiger partial charge in [0.15, 0.2) is 0 Å². The van der Waals surface area contributed by atoms with E-state index in [9.17, 15) is 4.79 Å². The molecule has 2 heteroatoms. The van der Waals surface area contributed by atoms with Crippen molar-refractivity contribution < 1.29 is 9.53 Å². The number of carbonyl (C=O) groups excluding carboxylic acids is 1. The number of esters is 1. The number of rotatable bonds is 8. The van der Waals surface area contributed by atoms with Crippen LogP contribution in [0.1, 0.15) is 77.2 Å². The van der Waals surface area contributed by atoms with Crippen LogP contribution in [0.2, 0.25) is 0 Å². The second-order valence-electron chi connectivity index (χ2n) is 7.06. The molecule has 0 aromatic heterocycles. The molecular weight excluding hydrogens is 296 g/mol. The maximum absolute atomic E-state index is 12.3. The van der Waals surface area contributed by atoms with Gasteiger partial charge in [-0.25, -0.2) is 0 Å². The van der Waals surface area contributed by atoms with Crippen LogP contribution < -0.4 is 4.74 Å². The van der Waals surface area contributed by atoms with Gasteiger partial charge in [0.2, 0.25) is 0 Å². The largest absolute Gasteiger partial charge is 0.426 e. The molecule has 0 atom stereocenters. The molecule has 1 fully saturated rings. The minimum Gasteiger partial charge on any atom is -0.426 e. The minimum absolute atomic E-state index is 0.0433. The highest BCUT2D eigenvalue weighted by Crippen LogP contribution is 2.33. The lowest BCUT2D eigenvalue weighted by atomic mass is 9.80. The number of allylic oxidation sites excluding steroid dienone is 1. The van der Waals surface area contributed by atoms with Crippen LogP contribution in [0.15, 0.2) is 30.3 Å². The smallest absolute Gasteiger partial charge is 0.314 e. The van der Waals surface area contributed by atoms with Crippen molar-refractivity contribution in [2.45, 2.75) is 71.6 Å². The summed E-state index contributed by atoms with van der Waals surface area (Å²) in [4.78, 5) is 12.3. The Kier molecular flexibility index (Phi) is 8.07. The molecule has 0 unspecified atom stereocenters. The lowest BCUT2D eigenvalue weighted by Crippen LogP contribution is -2.25. The molecule has 24 heavy (non-hydrogen) atoms. The molecule has 2 nitrogen and oxygen atoms in total. The van der Waals surface area contributed by atoms with E-state index in [0.717, 1.165) is 24.3 Å². The third-order valence-electron chi connectivity index (χ3n) is 5.10. The van der Waals surface area contributed by atoms with Gasteiger partial charge in [-0.15, -0.1) is 0 Å². The number of hydrogen-bond donors (Lipinski definition) is 0. The second-order valence-corrected chi connectivity index (χ2v) is 7.06. The van der Waals surface area contributed by atoms with E-state index in [2.05, 4.69) is 6.92 Å². The molecule has 0 aliphatic heterocycles. The van der Waals surface area contributed by atoms with E-state index in [0.29, 0.717) is 5.75 Å². The van der Waals surface area contributed by atoms with Crippen molar-refractivity contribution in [2.75, 3.05) is 0 Å². The van der Waals surface area contributed by atoms with Gasteiger partial charge in [0, 0.05) is 0 Å². The summed E-state index contributed by atoms with van der Waals surface area (Å²) in [6.45, 7) is 4.25. The number of unbranched alkanes of at least 4 members (excludes halogenated alkanes) is 3. The highest BCUT2D eigenvalue weighted by atomic mass is 16.5. The van der Waals surface area contributed by atoms with Crippen molar-refractivity contribution in [3.63, 3.8) is 0 Å². The first-order valence-electron chi connectivity index (χ1n) is 9.67. The van der Waals surface area contributed by atoms with E-state index in [1.165, 1.54) is 44.9 Å². The molecule has 0 saturated heterocycles. The van der Waals surface area contributed by atoms with Crippen LogP contribution in [0.5, 0.6) is 5.75 Å². The topological polar surface area (TPSA) is 26.3 Å². The monoisotopic (exact) mass is 328 g/mol. The zero-order valence-electron chi connectivity index (χ0n) is 15.3. The van der Waals surface area contributed by atoms with E-state index in [1.54, 1.807) is 0 Å². The highest BCUT2D eigenvalue weighted by Gasteiger charge is 2.27. The van der Waals surface area contributed by atoms with Gasteiger partial charge in [0.1, 0.15) is 5.75 Å². The van der Waals surface area contributed by atoms with Crippen molar-refractivity contribution in [1.29, 1.82) is 0 Å². The summed E-state index contributed by atoms with van der Waals surface area (Å²) in [7, 11) is 0. The van der Waals surface area contributed by atoms with Crippen LogP contribution in [0, 0.1) is 11.8 Å². The molecule has 0 radical (unpaired) electrons. The fraction of sp³-hybridized carbons (Fsp3) is 0.591. The normalized spacial score (nSPS) is 21.1. The number of hydrogen-bond acceptors (Lipinski definition) is 2. The molecule has 0 heterocycles. The zero-order valence-corrected chi connectivity index (χ0v) is 15.3. The number of carbonyl (C=O) groups is 1. The first-order valence-corrected chi connectivity index (χ1v) is 9.67. The van der Waals surface area contributed by atoms with Crippen molar-refractivity contribution in [2.24, 2.45) is 11.8 Å². The van der Waals surface area contributed by atoms with Crippen molar-refractivity contribution in [3.8, 4) is 5.75 Å². The van der Waals surface area contributed by atoms with Crippen LogP contribution in [0.4, 0.5) is 0 Å². The molecule has 1 aliphatic rings. The summed E-state index contributed by atoms with van der Waals surface area (Å²) >= 11 is 0. The predicted octanol–water partition coefficient (Wildman–Crippen LogP) is 6.40. The molecule has 2 rings (SSSR count). The quantitative estimate of drug-likeness (QED) is 0.313. The van der Waals surface area contributed by atoms with E-state index < -0.39 is 0 Å².